The third-order valence-corrected chi connectivity index (χ3v) is 5.60. The minimum Gasteiger partial charge on any atom is -0.478 e. The van der Waals surface area contributed by atoms with Gasteiger partial charge >= 0.3 is 12.0 Å². The minimum absolute atomic E-state index is 0.127. The molecule has 0 spiro atoms. The van der Waals surface area contributed by atoms with Crippen LogP contribution in [0.5, 0.6) is 5.75 Å². The van der Waals surface area contributed by atoms with E-state index in [0.29, 0.717) is 24.3 Å². The number of amides is 3. The molecule has 30 heavy (non-hydrogen) atoms. The lowest BCUT2D eigenvalue weighted by atomic mass is 9.72. The first-order valence-corrected chi connectivity index (χ1v) is 9.78. The highest BCUT2D eigenvalue weighted by Gasteiger charge is 2.62. The number of anilines is 1. The van der Waals surface area contributed by atoms with E-state index in [2.05, 4.69) is 5.32 Å². The van der Waals surface area contributed by atoms with Gasteiger partial charge in [0, 0.05) is 12.2 Å². The van der Waals surface area contributed by atoms with Crippen LogP contribution in [-0.2, 0) is 11.3 Å². The Morgan fingerprint density at radius 1 is 1.10 bits per heavy atom. The first-order chi connectivity index (χ1) is 14.3. The Morgan fingerprint density at radius 3 is 2.23 bits per heavy atom. The number of likely N-dealkylation sites (tertiary alicyclic amines) is 1. The predicted molar refractivity (Wildman–Crippen MR) is 111 cm³/mol. The molecule has 1 atom stereocenters. The summed E-state index contributed by atoms with van der Waals surface area (Å²) in [5, 5.41) is 11.8. The Bertz CT molecular complexity index is 936. The van der Waals surface area contributed by atoms with Crippen LogP contribution in [0, 0.1) is 5.41 Å². The number of urea groups is 1. The molecule has 0 bridgehead atoms. The van der Waals surface area contributed by atoms with Crippen molar-refractivity contribution in [3.63, 3.8) is 0 Å². The fourth-order valence-corrected chi connectivity index (χ4v) is 3.60. The van der Waals surface area contributed by atoms with Crippen LogP contribution in [0.15, 0.2) is 48.5 Å². The molecule has 158 valence electrons. The number of carbonyl (C=O) groups excluding carboxylic acids is 2. The molecule has 1 aliphatic rings. The molecule has 2 aromatic carbocycles. The lowest BCUT2D eigenvalue weighted by Crippen LogP contribution is -2.73. The SMILES string of the molecule is CCC1(CC)C(=O)N(C(=O)NCc2ccc(N)cc2)C1Oc1ccc(C(=O)O)cc1. The molecule has 4 N–H and O–H groups in total. The molecule has 3 amide bonds. The number of β-lactam (4-membered cyclic amide) rings is 1. The van der Waals surface area contributed by atoms with Crippen LogP contribution in [0.1, 0.15) is 42.6 Å². The van der Waals surface area contributed by atoms with Gasteiger partial charge in [-0.2, -0.15) is 0 Å². The average Bonchev–Trinajstić information content (AvgIpc) is 2.74. The van der Waals surface area contributed by atoms with Crippen LogP contribution < -0.4 is 15.8 Å². The van der Waals surface area contributed by atoms with Gasteiger partial charge in [-0.1, -0.05) is 26.0 Å². The molecule has 3 rings (SSSR count). The van der Waals surface area contributed by atoms with Crippen molar-refractivity contribution >= 4 is 23.6 Å². The van der Waals surface area contributed by atoms with E-state index >= 15 is 0 Å². The number of nitrogens with one attached hydrogen (secondary N) is 1. The molecule has 2 aromatic rings. The topological polar surface area (TPSA) is 122 Å². The van der Waals surface area contributed by atoms with E-state index in [-0.39, 0.29) is 18.0 Å². The Morgan fingerprint density at radius 2 is 1.70 bits per heavy atom. The maximum Gasteiger partial charge on any atom is 0.335 e. The van der Waals surface area contributed by atoms with E-state index in [1.54, 1.807) is 24.3 Å². The zero-order valence-corrected chi connectivity index (χ0v) is 16.9. The number of nitrogens with two attached hydrogens (primary N) is 1. The van der Waals surface area contributed by atoms with Gasteiger partial charge in [0.15, 0.2) is 6.23 Å². The van der Waals surface area contributed by atoms with Crippen LogP contribution in [0.3, 0.4) is 0 Å². The van der Waals surface area contributed by atoms with Gasteiger partial charge in [-0.25, -0.2) is 14.5 Å². The number of carboxylic acid groups (broad SMARTS) is 1. The minimum atomic E-state index is -1.04. The molecular formula is C22H25N3O5. The fraction of sp³-hybridized carbons (Fsp3) is 0.318. The summed E-state index contributed by atoms with van der Waals surface area (Å²) in [5.41, 5.74) is 6.47. The van der Waals surface area contributed by atoms with Crippen molar-refractivity contribution in [3.8, 4) is 5.75 Å². The molecule has 0 aromatic heterocycles. The van der Waals surface area contributed by atoms with Gasteiger partial charge in [-0.15, -0.1) is 0 Å². The second-order valence-electron chi connectivity index (χ2n) is 7.24. The number of carboxylic acids is 1. The summed E-state index contributed by atoms with van der Waals surface area (Å²) >= 11 is 0. The molecule has 8 heteroatoms. The molecule has 8 nitrogen and oxygen atoms in total. The number of carbonyl (C=O) groups is 3. The van der Waals surface area contributed by atoms with Crippen LogP contribution in [0.25, 0.3) is 0 Å². The summed E-state index contributed by atoms with van der Waals surface area (Å²) in [6.07, 6.45) is 0.256. The van der Waals surface area contributed by atoms with Crippen molar-refractivity contribution in [2.24, 2.45) is 5.41 Å². The summed E-state index contributed by atoms with van der Waals surface area (Å²) in [6.45, 7) is 4.01. The largest absolute Gasteiger partial charge is 0.478 e. The van der Waals surface area contributed by atoms with Gasteiger partial charge in [-0.05, 0) is 54.8 Å². The number of hydrogen-bond donors (Lipinski definition) is 3. The lowest BCUT2D eigenvalue weighted by Gasteiger charge is -2.53. The van der Waals surface area contributed by atoms with Crippen LogP contribution in [0.4, 0.5) is 10.5 Å². The van der Waals surface area contributed by atoms with Gasteiger partial charge in [0.05, 0.1) is 5.56 Å². The van der Waals surface area contributed by atoms with E-state index in [9.17, 15) is 14.4 Å². The number of ether oxygens (including phenoxy) is 1. The molecule has 0 aliphatic carbocycles. The average molecular weight is 411 g/mol. The summed E-state index contributed by atoms with van der Waals surface area (Å²) in [5.74, 6) is -0.935. The maximum absolute atomic E-state index is 12.9. The summed E-state index contributed by atoms with van der Waals surface area (Å²) in [6, 6.07) is 12.4. The van der Waals surface area contributed by atoms with Crippen LogP contribution in [-0.4, -0.2) is 34.1 Å². The Kier molecular flexibility index (Phi) is 5.96. The van der Waals surface area contributed by atoms with Gasteiger partial charge in [0.1, 0.15) is 11.2 Å². The number of rotatable bonds is 7. The Labute approximate surface area is 174 Å². The first kappa shape index (κ1) is 21.2. The number of imide groups is 1. The summed E-state index contributed by atoms with van der Waals surface area (Å²) in [4.78, 5) is 37.8. The van der Waals surface area contributed by atoms with Crippen molar-refractivity contribution in [3.05, 3.63) is 59.7 Å². The van der Waals surface area contributed by atoms with E-state index in [1.807, 2.05) is 13.8 Å². The Balaban J connectivity index is 1.75. The standard InChI is InChI=1S/C22H25N3O5/c1-3-22(4-2)19(28)25(21(29)24-13-14-5-9-16(23)10-6-14)20(22)30-17-11-7-15(8-12-17)18(26)27/h5-12,20H,3-4,13,23H2,1-2H3,(H,24,29)(H,26,27). The number of nitrogen functional groups attached to an aromatic ring is 1. The molecule has 1 heterocycles. The van der Waals surface area contributed by atoms with Crippen molar-refractivity contribution in [1.82, 2.24) is 10.2 Å². The smallest absolute Gasteiger partial charge is 0.335 e. The molecule has 1 saturated heterocycles. The van der Waals surface area contributed by atoms with Gasteiger partial charge in [0.2, 0.25) is 5.91 Å². The summed E-state index contributed by atoms with van der Waals surface area (Å²) in [7, 11) is 0. The molecule has 1 fully saturated rings. The van der Waals surface area contributed by atoms with Gasteiger partial charge in [-0.3, -0.25) is 4.79 Å². The van der Waals surface area contributed by atoms with Crippen LogP contribution in [0.2, 0.25) is 0 Å². The quantitative estimate of drug-likeness (QED) is 0.475. The van der Waals surface area contributed by atoms with Crippen molar-refractivity contribution < 1.29 is 24.2 Å². The van der Waals surface area contributed by atoms with Crippen LogP contribution >= 0.6 is 0 Å². The lowest BCUT2D eigenvalue weighted by molar-refractivity contribution is -0.190. The molecule has 1 aliphatic heterocycles. The zero-order chi connectivity index (χ0) is 21.9. The first-order valence-electron chi connectivity index (χ1n) is 9.78. The van der Waals surface area contributed by atoms with Crippen molar-refractivity contribution in [2.45, 2.75) is 39.5 Å². The second-order valence-corrected chi connectivity index (χ2v) is 7.24. The number of benzene rings is 2. The van der Waals surface area contributed by atoms with Gasteiger partial charge < -0.3 is 20.9 Å². The molecular weight excluding hydrogens is 386 g/mol. The number of aromatic carboxylic acids is 1. The highest BCUT2D eigenvalue weighted by atomic mass is 16.5. The Hall–Kier alpha value is -3.55. The molecule has 0 saturated carbocycles. The van der Waals surface area contributed by atoms with E-state index in [4.69, 9.17) is 15.6 Å². The zero-order valence-electron chi connectivity index (χ0n) is 16.9. The van der Waals surface area contributed by atoms with Gasteiger partial charge in [0.25, 0.3) is 0 Å². The summed E-state index contributed by atoms with van der Waals surface area (Å²) < 4.78 is 5.99. The number of nitrogens with zero attached hydrogens (tertiary/aromatic N) is 1. The van der Waals surface area contributed by atoms with E-state index in [0.717, 1.165) is 10.5 Å². The monoisotopic (exact) mass is 411 g/mol. The fourth-order valence-electron chi connectivity index (χ4n) is 3.60. The molecule has 1 unspecified atom stereocenters. The van der Waals surface area contributed by atoms with Crippen molar-refractivity contribution in [2.75, 3.05) is 5.73 Å². The normalized spacial score (nSPS) is 17.2. The molecule has 0 radical (unpaired) electrons. The highest BCUT2D eigenvalue weighted by molar-refractivity contribution is 6.03. The second kappa shape index (κ2) is 8.44. The van der Waals surface area contributed by atoms with E-state index in [1.165, 1.54) is 24.3 Å². The third kappa shape index (κ3) is 3.80. The number of hydrogen-bond acceptors (Lipinski definition) is 5. The highest BCUT2D eigenvalue weighted by Crippen LogP contribution is 2.46. The van der Waals surface area contributed by atoms with E-state index < -0.39 is 23.6 Å². The third-order valence-electron chi connectivity index (χ3n) is 5.60. The maximum atomic E-state index is 12.9. The predicted octanol–water partition coefficient (Wildman–Crippen LogP) is 3.23. The van der Waals surface area contributed by atoms with Crippen molar-refractivity contribution in [1.29, 1.82) is 0 Å².